The number of piperidine rings is 1. The van der Waals surface area contributed by atoms with Crippen molar-refractivity contribution in [2.45, 2.75) is 19.3 Å². The first-order chi connectivity index (χ1) is 15.4. The van der Waals surface area contributed by atoms with E-state index in [-0.39, 0.29) is 11.3 Å². The van der Waals surface area contributed by atoms with E-state index in [1.165, 1.54) is 0 Å². The van der Waals surface area contributed by atoms with Crippen molar-refractivity contribution in [1.82, 2.24) is 20.1 Å². The van der Waals surface area contributed by atoms with Crippen LogP contribution in [-0.2, 0) is 11.8 Å². The van der Waals surface area contributed by atoms with Gasteiger partial charge in [0.15, 0.2) is 5.75 Å². The lowest BCUT2D eigenvalue weighted by Crippen LogP contribution is -2.44. The van der Waals surface area contributed by atoms with Crippen molar-refractivity contribution in [2.24, 2.45) is 12.5 Å². The summed E-state index contributed by atoms with van der Waals surface area (Å²) < 4.78 is 7.54. The number of halogens is 1. The van der Waals surface area contributed by atoms with Gasteiger partial charge in [-0.3, -0.25) is 9.48 Å². The topological polar surface area (TPSA) is 98.3 Å². The second-order valence-electron chi connectivity index (χ2n) is 8.47. The van der Waals surface area contributed by atoms with Crippen molar-refractivity contribution in [1.29, 1.82) is 0 Å². The summed E-state index contributed by atoms with van der Waals surface area (Å²) in [7, 11) is 1.84. The monoisotopic (exact) mass is 452 g/mol. The molecule has 5 rings (SSSR count). The van der Waals surface area contributed by atoms with Gasteiger partial charge in [-0.2, -0.15) is 5.10 Å². The second kappa shape index (κ2) is 8.02. The summed E-state index contributed by atoms with van der Waals surface area (Å²) in [6, 6.07) is 7.78. The van der Waals surface area contributed by atoms with Gasteiger partial charge < -0.3 is 20.7 Å². The first kappa shape index (κ1) is 20.6. The summed E-state index contributed by atoms with van der Waals surface area (Å²) in [5.41, 5.74) is 8.56. The molecule has 8 nitrogen and oxygen atoms in total. The number of aryl methyl sites for hydroxylation is 1. The highest BCUT2D eigenvalue weighted by atomic mass is 35.5. The minimum absolute atomic E-state index is 0.182. The van der Waals surface area contributed by atoms with Crippen LogP contribution in [-0.4, -0.2) is 40.3 Å². The zero-order valence-electron chi connectivity index (χ0n) is 17.8. The van der Waals surface area contributed by atoms with E-state index in [2.05, 4.69) is 20.3 Å². The largest absolute Gasteiger partial charge is 0.454 e. The molecule has 2 aliphatic heterocycles. The van der Waals surface area contributed by atoms with Crippen LogP contribution < -0.4 is 20.7 Å². The number of aromatic nitrogens is 3. The van der Waals surface area contributed by atoms with Gasteiger partial charge in [0.2, 0.25) is 5.91 Å². The molecule has 4 heterocycles. The maximum absolute atomic E-state index is 12.4. The number of benzene rings is 1. The fraction of sp³-hybridized carbons (Fsp3) is 0.348. The summed E-state index contributed by atoms with van der Waals surface area (Å²) >= 11 is 6.66. The zero-order chi connectivity index (χ0) is 22.3. The number of anilines is 2. The van der Waals surface area contributed by atoms with Gasteiger partial charge in [-0.05, 0) is 37.0 Å². The molecule has 1 aromatic carbocycles. The van der Waals surface area contributed by atoms with Crippen molar-refractivity contribution in [2.75, 3.05) is 30.3 Å². The molecule has 0 bridgehead atoms. The number of carbonyl (C=O) groups is 1. The predicted molar refractivity (Wildman–Crippen MR) is 124 cm³/mol. The highest BCUT2D eigenvalue weighted by Crippen LogP contribution is 2.44. The summed E-state index contributed by atoms with van der Waals surface area (Å²) in [6.07, 6.45) is 7.74. The molecule has 166 valence electrons. The third-order valence-electron chi connectivity index (χ3n) is 6.51. The van der Waals surface area contributed by atoms with Gasteiger partial charge in [0.1, 0.15) is 16.6 Å². The maximum Gasteiger partial charge on any atom is 0.226 e. The lowest BCUT2D eigenvalue weighted by atomic mass is 9.77. The molecule has 0 aliphatic carbocycles. The Morgan fingerprint density at radius 2 is 1.88 bits per heavy atom. The molecule has 0 unspecified atom stereocenters. The molecular weight excluding hydrogens is 428 g/mol. The minimum atomic E-state index is -0.243. The molecule has 9 heteroatoms. The average Bonchev–Trinajstić information content (AvgIpc) is 3.36. The first-order valence-corrected chi connectivity index (χ1v) is 11.1. The lowest BCUT2D eigenvalue weighted by molar-refractivity contribution is -0.128. The molecule has 2 aromatic heterocycles. The van der Waals surface area contributed by atoms with Crippen molar-refractivity contribution in [3.8, 4) is 22.6 Å². The van der Waals surface area contributed by atoms with Gasteiger partial charge >= 0.3 is 0 Å². The molecular formula is C23H25ClN6O2. The van der Waals surface area contributed by atoms with Crippen LogP contribution in [0.2, 0.25) is 5.02 Å². The third kappa shape index (κ3) is 3.64. The molecule has 0 atom stereocenters. The summed E-state index contributed by atoms with van der Waals surface area (Å²) in [4.78, 5) is 18.9. The highest BCUT2D eigenvalue weighted by molar-refractivity contribution is 6.36. The number of nitrogens with zero attached hydrogens (tertiary/aromatic N) is 4. The van der Waals surface area contributed by atoms with Crippen LogP contribution >= 0.6 is 11.6 Å². The SMILES string of the molecule is Cn1cc(Oc2ccc(-c3cnc(N)c(Cl)c3N3CCC4(CCNC4=O)CC3)cc2)cn1. The van der Waals surface area contributed by atoms with Gasteiger partial charge in [0.05, 0.1) is 23.5 Å². The number of rotatable bonds is 4. The standard InChI is InChI=1S/C23H25ClN6O2/c1-29-14-17(12-28-29)32-16-4-2-15(3-5-16)18-13-27-21(25)19(24)20(18)30-10-7-23(8-11-30)6-9-26-22(23)31/h2-5,12-14H,6-11H2,1H3,(H2,25,27)(H,26,31). The number of hydrogen-bond acceptors (Lipinski definition) is 6. The first-order valence-electron chi connectivity index (χ1n) is 10.7. The van der Waals surface area contributed by atoms with Gasteiger partial charge in [0, 0.05) is 38.4 Å². The van der Waals surface area contributed by atoms with E-state index >= 15 is 0 Å². The molecule has 2 fully saturated rings. The number of nitrogens with one attached hydrogen (secondary N) is 1. The Labute approximate surface area is 191 Å². The van der Waals surface area contributed by atoms with Crippen LogP contribution in [0.4, 0.5) is 11.5 Å². The van der Waals surface area contributed by atoms with Crippen molar-refractivity contribution >= 4 is 29.0 Å². The number of amides is 1. The number of ether oxygens (including phenoxy) is 1. The smallest absolute Gasteiger partial charge is 0.226 e. The summed E-state index contributed by atoms with van der Waals surface area (Å²) in [5, 5.41) is 7.55. The van der Waals surface area contributed by atoms with Crippen LogP contribution in [0.5, 0.6) is 11.5 Å². The second-order valence-corrected chi connectivity index (χ2v) is 8.85. The van der Waals surface area contributed by atoms with E-state index in [1.54, 1.807) is 17.1 Å². The Kier molecular flexibility index (Phi) is 5.17. The average molecular weight is 453 g/mol. The normalized spacial score (nSPS) is 17.6. The summed E-state index contributed by atoms with van der Waals surface area (Å²) in [6.45, 7) is 2.25. The molecule has 0 saturated carbocycles. The highest BCUT2D eigenvalue weighted by Gasteiger charge is 2.44. The fourth-order valence-electron chi connectivity index (χ4n) is 4.65. The van der Waals surface area contributed by atoms with Crippen LogP contribution in [0.1, 0.15) is 19.3 Å². The predicted octanol–water partition coefficient (Wildman–Crippen LogP) is 3.62. The van der Waals surface area contributed by atoms with Gasteiger partial charge in [-0.1, -0.05) is 23.7 Å². The Hall–Kier alpha value is -3.26. The van der Waals surface area contributed by atoms with E-state index in [0.29, 0.717) is 22.3 Å². The molecule has 32 heavy (non-hydrogen) atoms. The van der Waals surface area contributed by atoms with Crippen molar-refractivity contribution < 1.29 is 9.53 Å². The molecule has 2 saturated heterocycles. The van der Waals surface area contributed by atoms with E-state index < -0.39 is 0 Å². The number of nitrogen functional groups attached to an aromatic ring is 1. The number of hydrogen-bond donors (Lipinski definition) is 2. The molecule has 1 spiro atoms. The molecule has 0 radical (unpaired) electrons. The molecule has 3 N–H and O–H groups in total. The molecule has 2 aliphatic rings. The fourth-order valence-corrected chi connectivity index (χ4v) is 4.92. The van der Waals surface area contributed by atoms with E-state index in [4.69, 9.17) is 22.1 Å². The number of carbonyl (C=O) groups excluding carboxylic acids is 1. The molecule has 3 aromatic rings. The Morgan fingerprint density at radius 3 is 2.50 bits per heavy atom. The third-order valence-corrected chi connectivity index (χ3v) is 6.88. The summed E-state index contributed by atoms with van der Waals surface area (Å²) in [5.74, 6) is 1.88. The Morgan fingerprint density at radius 1 is 1.12 bits per heavy atom. The van der Waals surface area contributed by atoms with Crippen LogP contribution in [0, 0.1) is 5.41 Å². The van der Waals surface area contributed by atoms with Gasteiger partial charge in [-0.15, -0.1) is 0 Å². The van der Waals surface area contributed by atoms with Crippen molar-refractivity contribution in [3.63, 3.8) is 0 Å². The number of nitrogens with two attached hydrogens (primary N) is 1. The Balaban J connectivity index is 1.41. The quantitative estimate of drug-likeness (QED) is 0.627. The number of pyridine rings is 1. The van der Waals surface area contributed by atoms with Crippen LogP contribution in [0.15, 0.2) is 42.9 Å². The van der Waals surface area contributed by atoms with Gasteiger partial charge in [0.25, 0.3) is 0 Å². The van der Waals surface area contributed by atoms with Gasteiger partial charge in [-0.25, -0.2) is 4.98 Å². The maximum atomic E-state index is 12.4. The van der Waals surface area contributed by atoms with Crippen LogP contribution in [0.25, 0.3) is 11.1 Å². The zero-order valence-corrected chi connectivity index (χ0v) is 18.6. The van der Waals surface area contributed by atoms with E-state index in [1.807, 2.05) is 37.5 Å². The van der Waals surface area contributed by atoms with Crippen molar-refractivity contribution in [3.05, 3.63) is 47.9 Å². The molecule has 1 amide bonds. The van der Waals surface area contributed by atoms with E-state index in [9.17, 15) is 4.79 Å². The Bertz CT molecular complexity index is 1150. The minimum Gasteiger partial charge on any atom is -0.454 e. The van der Waals surface area contributed by atoms with E-state index in [0.717, 1.165) is 55.7 Å². The van der Waals surface area contributed by atoms with Crippen LogP contribution in [0.3, 0.4) is 0 Å². The lowest BCUT2D eigenvalue weighted by Gasteiger charge is -2.39.